The fourth-order valence-corrected chi connectivity index (χ4v) is 3.27. The maximum Gasteiger partial charge on any atom is 0.209 e. The number of hydrogen-bond acceptors (Lipinski definition) is 3. The van der Waals surface area contributed by atoms with Crippen LogP contribution in [0.5, 0.6) is 0 Å². The molecule has 0 amide bonds. The molecule has 21 heavy (non-hydrogen) atoms. The van der Waals surface area contributed by atoms with Crippen molar-refractivity contribution < 1.29 is 0 Å². The highest BCUT2D eigenvalue weighted by atomic mass is 79.9. The van der Waals surface area contributed by atoms with Crippen molar-refractivity contribution in [3.05, 3.63) is 63.6 Å². The number of rotatable bonds is 4. The molecule has 2 aromatic carbocycles. The number of nitrogens with zero attached hydrogens (tertiary/aromatic N) is 2. The SMILES string of the molecule is Clc1ccccc1-c1nc(SCc2cccc(Br)c2)n[nH]1. The van der Waals surface area contributed by atoms with Crippen LogP contribution in [-0.4, -0.2) is 15.2 Å². The summed E-state index contributed by atoms with van der Waals surface area (Å²) < 4.78 is 1.08. The van der Waals surface area contributed by atoms with Gasteiger partial charge in [-0.2, -0.15) is 0 Å². The van der Waals surface area contributed by atoms with Crippen LogP contribution < -0.4 is 0 Å². The smallest absolute Gasteiger partial charge is 0.209 e. The minimum Gasteiger partial charge on any atom is -0.258 e. The van der Waals surface area contributed by atoms with Gasteiger partial charge >= 0.3 is 0 Å². The summed E-state index contributed by atoms with van der Waals surface area (Å²) >= 11 is 11.2. The minimum absolute atomic E-state index is 0.664. The highest BCUT2D eigenvalue weighted by molar-refractivity contribution is 9.10. The zero-order chi connectivity index (χ0) is 14.7. The summed E-state index contributed by atoms with van der Waals surface area (Å²) in [6, 6.07) is 15.8. The van der Waals surface area contributed by atoms with E-state index in [2.05, 4.69) is 43.2 Å². The summed E-state index contributed by atoms with van der Waals surface area (Å²) in [6.07, 6.45) is 0. The van der Waals surface area contributed by atoms with Gasteiger partial charge in [0.15, 0.2) is 5.82 Å². The number of aromatic nitrogens is 3. The van der Waals surface area contributed by atoms with Crippen LogP contribution in [0.4, 0.5) is 0 Å². The Morgan fingerprint density at radius 2 is 2.00 bits per heavy atom. The van der Waals surface area contributed by atoms with Crippen molar-refractivity contribution in [2.45, 2.75) is 10.9 Å². The molecule has 0 aliphatic rings. The van der Waals surface area contributed by atoms with Crippen LogP contribution in [0.3, 0.4) is 0 Å². The summed E-state index contributed by atoms with van der Waals surface area (Å²) in [5, 5.41) is 8.54. The molecule has 0 aliphatic carbocycles. The summed E-state index contributed by atoms with van der Waals surface area (Å²) in [6.45, 7) is 0. The van der Waals surface area contributed by atoms with E-state index in [1.807, 2.05) is 36.4 Å². The molecule has 0 saturated heterocycles. The Morgan fingerprint density at radius 1 is 1.14 bits per heavy atom. The van der Waals surface area contributed by atoms with E-state index in [-0.39, 0.29) is 0 Å². The lowest BCUT2D eigenvalue weighted by atomic mass is 10.2. The lowest BCUT2D eigenvalue weighted by Gasteiger charge is -1.99. The first-order chi connectivity index (χ1) is 10.2. The van der Waals surface area contributed by atoms with Gasteiger partial charge in [0.2, 0.25) is 5.16 Å². The van der Waals surface area contributed by atoms with Gasteiger partial charge in [0.1, 0.15) is 0 Å². The zero-order valence-electron chi connectivity index (χ0n) is 10.9. The highest BCUT2D eigenvalue weighted by Crippen LogP contribution is 2.27. The van der Waals surface area contributed by atoms with Crippen molar-refractivity contribution in [1.82, 2.24) is 15.2 Å². The van der Waals surface area contributed by atoms with E-state index in [4.69, 9.17) is 11.6 Å². The molecule has 0 saturated carbocycles. The number of aromatic amines is 1. The third-order valence-corrected chi connectivity index (χ3v) is 4.59. The first-order valence-corrected chi connectivity index (χ1v) is 8.42. The predicted octanol–water partition coefficient (Wildman–Crippen LogP) is 5.18. The van der Waals surface area contributed by atoms with Crippen LogP contribution in [0.15, 0.2) is 58.2 Å². The van der Waals surface area contributed by atoms with Gasteiger partial charge < -0.3 is 0 Å². The van der Waals surface area contributed by atoms with Gasteiger partial charge in [-0.3, -0.25) is 5.10 Å². The van der Waals surface area contributed by atoms with Crippen LogP contribution in [0.2, 0.25) is 5.02 Å². The predicted molar refractivity (Wildman–Crippen MR) is 90.5 cm³/mol. The molecule has 3 aromatic rings. The van der Waals surface area contributed by atoms with E-state index in [1.165, 1.54) is 5.56 Å². The van der Waals surface area contributed by atoms with E-state index in [9.17, 15) is 0 Å². The number of thioether (sulfide) groups is 1. The number of H-pyrrole nitrogens is 1. The van der Waals surface area contributed by atoms with Gasteiger partial charge in [-0.05, 0) is 29.8 Å². The van der Waals surface area contributed by atoms with E-state index < -0.39 is 0 Å². The van der Waals surface area contributed by atoms with Crippen LogP contribution in [-0.2, 0) is 5.75 Å². The van der Waals surface area contributed by atoms with Crippen LogP contribution in [0.1, 0.15) is 5.56 Å². The molecular formula is C15H11BrClN3S. The molecule has 1 heterocycles. The third kappa shape index (κ3) is 3.67. The largest absolute Gasteiger partial charge is 0.258 e. The number of halogens is 2. The maximum absolute atomic E-state index is 6.16. The summed E-state index contributed by atoms with van der Waals surface area (Å²) in [5.41, 5.74) is 2.08. The van der Waals surface area contributed by atoms with Gasteiger partial charge in [0.25, 0.3) is 0 Å². The van der Waals surface area contributed by atoms with Gasteiger partial charge in [0, 0.05) is 15.8 Å². The van der Waals surface area contributed by atoms with Gasteiger partial charge in [-0.15, -0.1) is 5.10 Å². The molecular weight excluding hydrogens is 370 g/mol. The monoisotopic (exact) mass is 379 g/mol. The molecule has 1 N–H and O–H groups in total. The molecule has 6 heteroatoms. The zero-order valence-corrected chi connectivity index (χ0v) is 14.0. The molecule has 106 valence electrons. The van der Waals surface area contributed by atoms with Crippen LogP contribution in [0, 0.1) is 0 Å². The number of hydrogen-bond donors (Lipinski definition) is 1. The molecule has 3 rings (SSSR count). The lowest BCUT2D eigenvalue weighted by molar-refractivity contribution is 0.973. The third-order valence-electron chi connectivity index (χ3n) is 2.85. The molecule has 0 aliphatic heterocycles. The normalized spacial score (nSPS) is 10.8. The fourth-order valence-electron chi connectivity index (χ4n) is 1.86. The van der Waals surface area contributed by atoms with Crippen molar-refractivity contribution in [2.24, 2.45) is 0 Å². The van der Waals surface area contributed by atoms with Gasteiger partial charge in [0.05, 0.1) is 5.02 Å². The number of benzene rings is 2. The van der Waals surface area contributed by atoms with Gasteiger partial charge in [-0.25, -0.2) is 4.98 Å². The molecule has 0 bridgehead atoms. The second-order valence-corrected chi connectivity index (χ2v) is 6.63. The molecule has 1 aromatic heterocycles. The van der Waals surface area contributed by atoms with Crippen molar-refractivity contribution >= 4 is 39.3 Å². The average Bonchev–Trinajstić information content (AvgIpc) is 2.94. The molecule has 0 radical (unpaired) electrons. The quantitative estimate of drug-likeness (QED) is 0.634. The van der Waals surface area contributed by atoms with E-state index >= 15 is 0 Å². The molecule has 0 atom stereocenters. The molecule has 0 unspecified atom stereocenters. The van der Waals surface area contributed by atoms with E-state index in [0.717, 1.165) is 15.8 Å². The van der Waals surface area contributed by atoms with E-state index in [0.29, 0.717) is 16.0 Å². The second-order valence-electron chi connectivity index (χ2n) is 4.37. The Balaban J connectivity index is 1.72. The molecule has 0 spiro atoms. The lowest BCUT2D eigenvalue weighted by Crippen LogP contribution is -1.83. The Kier molecular flexibility index (Phi) is 4.63. The van der Waals surface area contributed by atoms with Crippen molar-refractivity contribution in [3.63, 3.8) is 0 Å². The fraction of sp³-hybridized carbons (Fsp3) is 0.0667. The Hall–Kier alpha value is -1.30. The maximum atomic E-state index is 6.16. The highest BCUT2D eigenvalue weighted by Gasteiger charge is 2.09. The summed E-state index contributed by atoms with van der Waals surface area (Å²) in [4.78, 5) is 4.48. The Bertz CT molecular complexity index is 760. The summed E-state index contributed by atoms with van der Waals surface area (Å²) in [5.74, 6) is 1.51. The average molecular weight is 381 g/mol. The minimum atomic E-state index is 0.664. The molecule has 0 fully saturated rings. The topological polar surface area (TPSA) is 41.6 Å². The van der Waals surface area contributed by atoms with Gasteiger partial charge in [-0.1, -0.05) is 63.6 Å². The van der Waals surface area contributed by atoms with E-state index in [1.54, 1.807) is 11.8 Å². The Labute approximate surface area is 140 Å². The second kappa shape index (κ2) is 6.64. The van der Waals surface area contributed by atoms with Crippen molar-refractivity contribution in [1.29, 1.82) is 0 Å². The van der Waals surface area contributed by atoms with Crippen molar-refractivity contribution in [3.8, 4) is 11.4 Å². The molecule has 3 nitrogen and oxygen atoms in total. The standard InChI is InChI=1S/C15H11BrClN3S/c16-11-5-3-4-10(8-11)9-21-15-18-14(19-20-15)12-6-1-2-7-13(12)17/h1-8H,9H2,(H,18,19,20). The van der Waals surface area contributed by atoms with Crippen LogP contribution >= 0.6 is 39.3 Å². The first kappa shape index (κ1) is 14.6. The van der Waals surface area contributed by atoms with Crippen LogP contribution in [0.25, 0.3) is 11.4 Å². The Morgan fingerprint density at radius 3 is 2.81 bits per heavy atom. The first-order valence-electron chi connectivity index (χ1n) is 6.27. The number of nitrogens with one attached hydrogen (secondary N) is 1. The van der Waals surface area contributed by atoms with Crippen molar-refractivity contribution in [2.75, 3.05) is 0 Å². The summed E-state index contributed by atoms with van der Waals surface area (Å²) in [7, 11) is 0.